The SMILES string of the molecule is CCOC(=O)C1CC1OCCO. The normalized spacial score (nSPS) is 26.8. The van der Waals surface area contributed by atoms with Crippen LogP contribution in [-0.4, -0.2) is 37.0 Å². The van der Waals surface area contributed by atoms with Crippen molar-refractivity contribution in [2.45, 2.75) is 19.4 Å². The summed E-state index contributed by atoms with van der Waals surface area (Å²) in [5.74, 6) is -0.267. The van der Waals surface area contributed by atoms with Crippen molar-refractivity contribution < 1.29 is 19.4 Å². The van der Waals surface area contributed by atoms with Crippen molar-refractivity contribution in [2.75, 3.05) is 19.8 Å². The van der Waals surface area contributed by atoms with Crippen LogP contribution < -0.4 is 0 Å². The number of ether oxygens (including phenoxy) is 2. The highest BCUT2D eigenvalue weighted by Gasteiger charge is 2.45. The highest BCUT2D eigenvalue weighted by Crippen LogP contribution is 2.34. The summed E-state index contributed by atoms with van der Waals surface area (Å²) in [5.41, 5.74) is 0. The fourth-order valence-electron chi connectivity index (χ4n) is 1.06. The first-order valence-electron chi connectivity index (χ1n) is 4.18. The average molecular weight is 174 g/mol. The molecule has 1 aliphatic rings. The number of hydrogen-bond donors (Lipinski definition) is 1. The number of rotatable bonds is 5. The number of aliphatic hydroxyl groups excluding tert-OH is 1. The summed E-state index contributed by atoms with van der Waals surface area (Å²) in [5, 5.41) is 8.43. The molecule has 0 aliphatic heterocycles. The van der Waals surface area contributed by atoms with E-state index in [4.69, 9.17) is 14.6 Å². The van der Waals surface area contributed by atoms with Crippen LogP contribution in [0.15, 0.2) is 0 Å². The lowest BCUT2D eigenvalue weighted by molar-refractivity contribution is -0.145. The highest BCUT2D eigenvalue weighted by molar-refractivity contribution is 5.76. The predicted molar refractivity (Wildman–Crippen MR) is 41.6 cm³/mol. The third-order valence-electron chi connectivity index (χ3n) is 1.74. The van der Waals surface area contributed by atoms with E-state index < -0.39 is 0 Å². The van der Waals surface area contributed by atoms with Crippen molar-refractivity contribution >= 4 is 5.97 Å². The summed E-state index contributed by atoms with van der Waals surface area (Å²) >= 11 is 0. The van der Waals surface area contributed by atoms with Crippen LogP contribution in [0.2, 0.25) is 0 Å². The first kappa shape index (κ1) is 9.48. The van der Waals surface area contributed by atoms with Gasteiger partial charge in [-0.25, -0.2) is 0 Å². The largest absolute Gasteiger partial charge is 0.466 e. The Kier molecular flexibility index (Phi) is 3.49. The molecule has 70 valence electrons. The molecule has 1 saturated carbocycles. The summed E-state index contributed by atoms with van der Waals surface area (Å²) in [6.07, 6.45) is 0.718. The predicted octanol–water partition coefficient (Wildman–Crippen LogP) is -0.0531. The molecular formula is C8H14O4. The second kappa shape index (κ2) is 4.42. The van der Waals surface area contributed by atoms with E-state index in [1.165, 1.54) is 0 Å². The Morgan fingerprint density at radius 3 is 3.00 bits per heavy atom. The third-order valence-corrected chi connectivity index (χ3v) is 1.74. The topological polar surface area (TPSA) is 55.8 Å². The molecule has 0 spiro atoms. The lowest BCUT2D eigenvalue weighted by Crippen LogP contribution is -2.11. The van der Waals surface area contributed by atoms with Gasteiger partial charge in [0.25, 0.3) is 0 Å². The average Bonchev–Trinajstić information content (AvgIpc) is 2.80. The molecule has 0 heterocycles. The summed E-state index contributed by atoms with van der Waals surface area (Å²) in [7, 11) is 0. The molecule has 12 heavy (non-hydrogen) atoms. The standard InChI is InChI=1S/C8H14O4/c1-2-11-8(10)6-5-7(6)12-4-3-9/h6-7,9H,2-5H2,1H3. The van der Waals surface area contributed by atoms with Crippen LogP contribution in [-0.2, 0) is 14.3 Å². The number of hydrogen-bond acceptors (Lipinski definition) is 4. The van der Waals surface area contributed by atoms with Crippen LogP contribution in [0.3, 0.4) is 0 Å². The van der Waals surface area contributed by atoms with Crippen LogP contribution in [0.5, 0.6) is 0 Å². The summed E-state index contributed by atoms with van der Waals surface area (Å²) < 4.78 is 9.93. The van der Waals surface area contributed by atoms with Gasteiger partial charge in [-0.15, -0.1) is 0 Å². The summed E-state index contributed by atoms with van der Waals surface area (Å²) in [6.45, 7) is 2.51. The van der Waals surface area contributed by atoms with E-state index in [0.29, 0.717) is 13.2 Å². The molecule has 1 fully saturated rings. The summed E-state index contributed by atoms with van der Waals surface area (Å²) in [6, 6.07) is 0. The van der Waals surface area contributed by atoms with E-state index in [2.05, 4.69) is 0 Å². The zero-order valence-corrected chi connectivity index (χ0v) is 7.16. The maximum Gasteiger partial charge on any atom is 0.311 e. The van der Waals surface area contributed by atoms with Crippen LogP contribution in [0.4, 0.5) is 0 Å². The molecule has 0 aromatic heterocycles. The molecule has 1 aliphatic carbocycles. The number of aliphatic hydroxyl groups is 1. The minimum absolute atomic E-state index is 0.00600. The van der Waals surface area contributed by atoms with Gasteiger partial charge in [0.2, 0.25) is 0 Å². The Morgan fingerprint density at radius 1 is 1.67 bits per heavy atom. The molecule has 0 aromatic rings. The van der Waals surface area contributed by atoms with Gasteiger partial charge >= 0.3 is 5.97 Å². The molecule has 4 nitrogen and oxygen atoms in total. The summed E-state index contributed by atoms with van der Waals surface area (Å²) in [4.78, 5) is 11.0. The smallest absolute Gasteiger partial charge is 0.311 e. The molecule has 0 amide bonds. The molecule has 2 atom stereocenters. The molecule has 1 N–H and O–H groups in total. The Bertz CT molecular complexity index is 157. The van der Waals surface area contributed by atoms with Gasteiger partial charge in [0.05, 0.1) is 31.8 Å². The lowest BCUT2D eigenvalue weighted by Gasteiger charge is -2.01. The minimum atomic E-state index is -0.180. The maximum atomic E-state index is 11.0. The van der Waals surface area contributed by atoms with Crippen LogP contribution >= 0.6 is 0 Å². The molecule has 0 aromatic carbocycles. The zero-order valence-electron chi connectivity index (χ0n) is 7.16. The van der Waals surface area contributed by atoms with Gasteiger partial charge in [-0.1, -0.05) is 0 Å². The number of esters is 1. The molecule has 1 rings (SSSR count). The van der Waals surface area contributed by atoms with Gasteiger partial charge in [0, 0.05) is 0 Å². The fraction of sp³-hybridized carbons (Fsp3) is 0.875. The van der Waals surface area contributed by atoms with E-state index in [9.17, 15) is 4.79 Å². The molecule has 0 saturated heterocycles. The lowest BCUT2D eigenvalue weighted by atomic mass is 10.4. The van der Waals surface area contributed by atoms with Crippen molar-refractivity contribution in [2.24, 2.45) is 5.92 Å². The highest BCUT2D eigenvalue weighted by atomic mass is 16.5. The van der Waals surface area contributed by atoms with Crippen molar-refractivity contribution in [1.29, 1.82) is 0 Å². The first-order valence-corrected chi connectivity index (χ1v) is 4.18. The minimum Gasteiger partial charge on any atom is -0.466 e. The Balaban J connectivity index is 2.10. The van der Waals surface area contributed by atoms with E-state index in [0.717, 1.165) is 6.42 Å². The molecule has 0 radical (unpaired) electrons. The number of carbonyl (C=O) groups is 1. The van der Waals surface area contributed by atoms with Gasteiger partial charge in [-0.3, -0.25) is 4.79 Å². The molecule has 0 bridgehead atoms. The number of carbonyl (C=O) groups excluding carboxylic acids is 1. The van der Waals surface area contributed by atoms with Crippen LogP contribution in [0.1, 0.15) is 13.3 Å². The Hall–Kier alpha value is -0.610. The van der Waals surface area contributed by atoms with Crippen LogP contribution in [0.25, 0.3) is 0 Å². The monoisotopic (exact) mass is 174 g/mol. The second-order valence-corrected chi connectivity index (χ2v) is 2.73. The van der Waals surface area contributed by atoms with Gasteiger partial charge in [0.15, 0.2) is 0 Å². The van der Waals surface area contributed by atoms with Crippen molar-refractivity contribution in [3.05, 3.63) is 0 Å². The third kappa shape index (κ3) is 2.46. The van der Waals surface area contributed by atoms with Crippen LogP contribution in [0, 0.1) is 5.92 Å². The van der Waals surface area contributed by atoms with Crippen molar-refractivity contribution in [3.8, 4) is 0 Å². The Labute approximate surface area is 71.5 Å². The van der Waals surface area contributed by atoms with Crippen molar-refractivity contribution in [3.63, 3.8) is 0 Å². The van der Waals surface area contributed by atoms with Crippen molar-refractivity contribution in [1.82, 2.24) is 0 Å². The van der Waals surface area contributed by atoms with Gasteiger partial charge < -0.3 is 14.6 Å². The molecule has 2 unspecified atom stereocenters. The van der Waals surface area contributed by atoms with Gasteiger partial charge in [0.1, 0.15) is 0 Å². The van der Waals surface area contributed by atoms with E-state index in [1.807, 2.05) is 0 Å². The van der Waals surface area contributed by atoms with Gasteiger partial charge in [-0.2, -0.15) is 0 Å². The van der Waals surface area contributed by atoms with E-state index in [-0.39, 0.29) is 24.6 Å². The molecular weight excluding hydrogens is 160 g/mol. The quantitative estimate of drug-likeness (QED) is 0.593. The second-order valence-electron chi connectivity index (χ2n) is 2.73. The fourth-order valence-corrected chi connectivity index (χ4v) is 1.06. The Morgan fingerprint density at radius 2 is 2.42 bits per heavy atom. The van der Waals surface area contributed by atoms with E-state index in [1.54, 1.807) is 6.92 Å². The first-order chi connectivity index (χ1) is 5.79. The van der Waals surface area contributed by atoms with Gasteiger partial charge in [-0.05, 0) is 13.3 Å². The van der Waals surface area contributed by atoms with E-state index >= 15 is 0 Å². The zero-order chi connectivity index (χ0) is 8.97. The molecule has 4 heteroatoms. The maximum absolute atomic E-state index is 11.0.